The van der Waals surface area contributed by atoms with Gasteiger partial charge in [0.15, 0.2) is 0 Å². The second-order valence-corrected chi connectivity index (χ2v) is 6.50. The molecule has 3 rings (SSSR count). The summed E-state index contributed by atoms with van der Waals surface area (Å²) in [7, 11) is 0. The van der Waals surface area contributed by atoms with Gasteiger partial charge in [-0.3, -0.25) is 9.58 Å². The summed E-state index contributed by atoms with van der Waals surface area (Å²) in [6, 6.07) is 2.46. The average Bonchev–Trinajstić information content (AvgIpc) is 2.89. The first kappa shape index (κ1) is 14.0. The van der Waals surface area contributed by atoms with Crippen molar-refractivity contribution < 1.29 is 5.11 Å². The van der Waals surface area contributed by atoms with Crippen LogP contribution in [0.15, 0.2) is 18.5 Å². The van der Waals surface area contributed by atoms with Gasteiger partial charge in [0.1, 0.15) is 0 Å². The van der Waals surface area contributed by atoms with Crippen LogP contribution in [-0.4, -0.2) is 70.1 Å². The summed E-state index contributed by atoms with van der Waals surface area (Å²) in [6.07, 6.45) is 6.18. The summed E-state index contributed by atoms with van der Waals surface area (Å²) in [4.78, 5) is 4.74. The molecule has 1 atom stereocenters. The zero-order chi connectivity index (χ0) is 13.9. The Morgan fingerprint density at radius 2 is 1.90 bits per heavy atom. The van der Waals surface area contributed by atoms with E-state index in [9.17, 15) is 5.11 Å². The highest BCUT2D eigenvalue weighted by Crippen LogP contribution is 2.21. The maximum absolute atomic E-state index is 10.2. The SMILES string of the molecule is CC1CCN(C[C@@H](O)CN2CC(n3cccn3)C2)CC1. The van der Waals surface area contributed by atoms with Crippen LogP contribution in [0.3, 0.4) is 0 Å². The Morgan fingerprint density at radius 1 is 1.20 bits per heavy atom. The third-order valence-corrected chi connectivity index (χ3v) is 4.65. The van der Waals surface area contributed by atoms with Crippen molar-refractivity contribution in [2.75, 3.05) is 39.3 Å². The van der Waals surface area contributed by atoms with E-state index in [-0.39, 0.29) is 6.10 Å². The molecule has 20 heavy (non-hydrogen) atoms. The van der Waals surface area contributed by atoms with E-state index in [0.29, 0.717) is 6.04 Å². The summed E-state index contributed by atoms with van der Waals surface area (Å²) in [5, 5.41) is 14.5. The van der Waals surface area contributed by atoms with Crippen molar-refractivity contribution in [2.24, 2.45) is 5.92 Å². The Bertz CT molecular complexity index is 394. The number of likely N-dealkylation sites (tertiary alicyclic amines) is 2. The number of aromatic nitrogens is 2. The quantitative estimate of drug-likeness (QED) is 0.866. The maximum atomic E-state index is 10.2. The molecule has 5 heteroatoms. The molecular formula is C15H26N4O. The lowest BCUT2D eigenvalue weighted by Gasteiger charge is -2.41. The number of hydrogen-bond acceptors (Lipinski definition) is 4. The van der Waals surface area contributed by atoms with Crippen LogP contribution in [0.4, 0.5) is 0 Å². The topological polar surface area (TPSA) is 44.5 Å². The van der Waals surface area contributed by atoms with Crippen molar-refractivity contribution in [3.63, 3.8) is 0 Å². The van der Waals surface area contributed by atoms with Crippen LogP contribution in [0.1, 0.15) is 25.8 Å². The maximum Gasteiger partial charge on any atom is 0.0793 e. The van der Waals surface area contributed by atoms with Gasteiger partial charge in [0.05, 0.1) is 12.1 Å². The number of aliphatic hydroxyl groups is 1. The van der Waals surface area contributed by atoms with Crippen molar-refractivity contribution in [1.29, 1.82) is 0 Å². The summed E-state index contributed by atoms with van der Waals surface area (Å²) < 4.78 is 2.02. The third-order valence-electron chi connectivity index (χ3n) is 4.65. The minimum Gasteiger partial charge on any atom is -0.390 e. The second-order valence-electron chi connectivity index (χ2n) is 6.50. The normalized spacial score (nSPS) is 24.7. The molecule has 0 amide bonds. The molecule has 0 aromatic carbocycles. The van der Waals surface area contributed by atoms with Gasteiger partial charge < -0.3 is 10.0 Å². The van der Waals surface area contributed by atoms with Gasteiger partial charge in [0.2, 0.25) is 0 Å². The summed E-state index contributed by atoms with van der Waals surface area (Å²) in [6.45, 7) is 8.26. The molecule has 5 nitrogen and oxygen atoms in total. The Hall–Kier alpha value is -0.910. The average molecular weight is 278 g/mol. The van der Waals surface area contributed by atoms with Gasteiger partial charge in [-0.15, -0.1) is 0 Å². The Morgan fingerprint density at radius 3 is 2.55 bits per heavy atom. The van der Waals surface area contributed by atoms with Crippen LogP contribution in [0.2, 0.25) is 0 Å². The lowest BCUT2D eigenvalue weighted by atomic mass is 9.99. The van der Waals surface area contributed by atoms with E-state index in [1.165, 1.54) is 12.8 Å². The van der Waals surface area contributed by atoms with Crippen LogP contribution in [0.5, 0.6) is 0 Å². The van der Waals surface area contributed by atoms with E-state index in [2.05, 4.69) is 21.8 Å². The molecule has 0 bridgehead atoms. The van der Waals surface area contributed by atoms with Gasteiger partial charge in [0, 0.05) is 38.6 Å². The highest BCUT2D eigenvalue weighted by atomic mass is 16.3. The fourth-order valence-corrected chi connectivity index (χ4v) is 3.25. The molecule has 2 aliphatic rings. The fourth-order valence-electron chi connectivity index (χ4n) is 3.25. The number of hydrogen-bond donors (Lipinski definition) is 1. The molecule has 112 valence electrons. The van der Waals surface area contributed by atoms with Crippen molar-refractivity contribution in [3.05, 3.63) is 18.5 Å². The number of β-amino-alcohol motifs (C(OH)–C–C–N with tert-alkyl or cyclic N) is 1. The number of piperidine rings is 1. The molecule has 1 aromatic rings. The monoisotopic (exact) mass is 278 g/mol. The molecule has 1 aromatic heterocycles. The van der Waals surface area contributed by atoms with Gasteiger partial charge >= 0.3 is 0 Å². The molecule has 2 saturated heterocycles. The lowest BCUT2D eigenvalue weighted by Crippen LogP contribution is -2.52. The second kappa shape index (κ2) is 6.24. The highest BCUT2D eigenvalue weighted by Gasteiger charge is 2.30. The molecule has 0 aliphatic carbocycles. The van der Waals surface area contributed by atoms with Crippen LogP contribution < -0.4 is 0 Å². The molecular weight excluding hydrogens is 252 g/mol. The van der Waals surface area contributed by atoms with E-state index in [0.717, 1.165) is 45.2 Å². The third kappa shape index (κ3) is 3.40. The standard InChI is InChI=1S/C15H26N4O/c1-13-3-7-17(8-4-13)11-15(20)12-18-9-14(10-18)19-6-2-5-16-19/h2,5-6,13-15,20H,3-4,7-12H2,1H3/t15-/m1/s1. The van der Waals surface area contributed by atoms with Gasteiger partial charge in [-0.2, -0.15) is 5.10 Å². The summed E-state index contributed by atoms with van der Waals surface area (Å²) >= 11 is 0. The number of aliphatic hydroxyl groups excluding tert-OH is 1. The van der Waals surface area contributed by atoms with Gasteiger partial charge in [-0.05, 0) is 37.9 Å². The first-order valence-electron chi connectivity index (χ1n) is 7.82. The van der Waals surface area contributed by atoms with Gasteiger partial charge in [-0.1, -0.05) is 6.92 Å². The molecule has 0 unspecified atom stereocenters. The van der Waals surface area contributed by atoms with E-state index in [1.54, 1.807) is 0 Å². The van der Waals surface area contributed by atoms with Crippen LogP contribution >= 0.6 is 0 Å². The highest BCUT2D eigenvalue weighted by molar-refractivity contribution is 4.90. The Balaban J connectivity index is 1.35. The molecule has 0 radical (unpaired) electrons. The molecule has 3 heterocycles. The molecule has 1 N–H and O–H groups in total. The first-order chi connectivity index (χ1) is 9.70. The minimum atomic E-state index is -0.220. The fraction of sp³-hybridized carbons (Fsp3) is 0.800. The summed E-state index contributed by atoms with van der Waals surface area (Å²) in [5.41, 5.74) is 0. The van der Waals surface area contributed by atoms with Crippen molar-refractivity contribution >= 4 is 0 Å². The molecule has 0 saturated carbocycles. The van der Waals surface area contributed by atoms with E-state index >= 15 is 0 Å². The smallest absolute Gasteiger partial charge is 0.0793 e. The van der Waals surface area contributed by atoms with Crippen LogP contribution in [0, 0.1) is 5.92 Å². The zero-order valence-corrected chi connectivity index (χ0v) is 12.4. The predicted octanol–water partition coefficient (Wildman–Crippen LogP) is 0.833. The lowest BCUT2D eigenvalue weighted by molar-refractivity contribution is 0.0193. The zero-order valence-electron chi connectivity index (χ0n) is 12.4. The van der Waals surface area contributed by atoms with Crippen molar-refractivity contribution in [1.82, 2.24) is 19.6 Å². The van der Waals surface area contributed by atoms with Gasteiger partial charge in [0.25, 0.3) is 0 Å². The largest absolute Gasteiger partial charge is 0.390 e. The Kier molecular flexibility index (Phi) is 4.38. The summed E-state index contributed by atoms with van der Waals surface area (Å²) in [5.74, 6) is 0.855. The Labute approximate surface area is 121 Å². The molecule has 0 spiro atoms. The number of nitrogens with zero attached hydrogens (tertiary/aromatic N) is 4. The minimum absolute atomic E-state index is 0.220. The van der Waals surface area contributed by atoms with Crippen LogP contribution in [-0.2, 0) is 0 Å². The van der Waals surface area contributed by atoms with E-state index < -0.39 is 0 Å². The van der Waals surface area contributed by atoms with Crippen molar-refractivity contribution in [2.45, 2.75) is 31.9 Å². The predicted molar refractivity (Wildman–Crippen MR) is 78.5 cm³/mol. The van der Waals surface area contributed by atoms with Gasteiger partial charge in [-0.25, -0.2) is 0 Å². The van der Waals surface area contributed by atoms with E-state index in [4.69, 9.17) is 0 Å². The van der Waals surface area contributed by atoms with Crippen LogP contribution in [0.25, 0.3) is 0 Å². The van der Waals surface area contributed by atoms with E-state index in [1.807, 2.05) is 23.1 Å². The number of rotatable bonds is 5. The molecule has 2 aliphatic heterocycles. The van der Waals surface area contributed by atoms with Crippen molar-refractivity contribution in [3.8, 4) is 0 Å². The first-order valence-corrected chi connectivity index (χ1v) is 7.82. The molecule has 2 fully saturated rings.